The number of halogens is 3. The highest BCUT2D eigenvalue weighted by molar-refractivity contribution is 6.35. The number of aliphatic imine (C=N–C) groups is 1. The molecule has 0 radical (unpaired) electrons. The average molecular weight is 436 g/mol. The summed E-state index contributed by atoms with van der Waals surface area (Å²) in [6.45, 7) is 1.62. The Balaban J connectivity index is 2.16. The fourth-order valence-corrected chi connectivity index (χ4v) is 3.11. The van der Waals surface area contributed by atoms with Gasteiger partial charge in [0.25, 0.3) is 5.56 Å². The molecule has 0 saturated carbocycles. The SMILES string of the molecule is COC(=O)Cc1[nH]n(-c2ccc(F)cc2)c(=O)c1C(C)=Nc1cc(Cl)ccc1Cl. The van der Waals surface area contributed by atoms with Crippen LogP contribution in [0.3, 0.4) is 0 Å². The third kappa shape index (κ3) is 4.58. The molecule has 0 aliphatic rings. The average Bonchev–Trinajstić information content (AvgIpc) is 3.01. The van der Waals surface area contributed by atoms with Crippen molar-refractivity contribution in [3.63, 3.8) is 0 Å². The molecule has 1 heterocycles. The normalized spacial score (nSPS) is 11.6. The van der Waals surface area contributed by atoms with E-state index in [1.165, 1.54) is 36.1 Å². The van der Waals surface area contributed by atoms with Crippen LogP contribution in [0.2, 0.25) is 10.0 Å². The van der Waals surface area contributed by atoms with E-state index >= 15 is 0 Å². The Kier molecular flexibility index (Phi) is 6.20. The highest BCUT2D eigenvalue weighted by atomic mass is 35.5. The maximum absolute atomic E-state index is 13.2. The number of nitrogens with one attached hydrogen (secondary N) is 1. The number of carbonyl (C=O) groups is 1. The molecule has 150 valence electrons. The van der Waals surface area contributed by atoms with Gasteiger partial charge in [-0.25, -0.2) is 9.07 Å². The Hall–Kier alpha value is -2.90. The molecule has 0 saturated heterocycles. The van der Waals surface area contributed by atoms with Crippen LogP contribution in [0.4, 0.5) is 10.1 Å². The van der Waals surface area contributed by atoms with Crippen LogP contribution in [0.5, 0.6) is 0 Å². The van der Waals surface area contributed by atoms with Crippen molar-refractivity contribution >= 4 is 40.6 Å². The molecule has 0 aliphatic heterocycles. The van der Waals surface area contributed by atoms with Crippen LogP contribution in [0.25, 0.3) is 5.69 Å². The number of hydrogen-bond donors (Lipinski definition) is 1. The first-order chi connectivity index (χ1) is 13.8. The molecule has 3 rings (SSSR count). The summed E-state index contributed by atoms with van der Waals surface area (Å²) in [5, 5.41) is 3.68. The lowest BCUT2D eigenvalue weighted by Gasteiger charge is -2.03. The summed E-state index contributed by atoms with van der Waals surface area (Å²) in [6, 6.07) is 10.1. The first-order valence-corrected chi connectivity index (χ1v) is 9.23. The van der Waals surface area contributed by atoms with Gasteiger partial charge in [0, 0.05) is 5.02 Å². The smallest absolute Gasteiger partial charge is 0.311 e. The number of ether oxygens (including phenoxy) is 1. The van der Waals surface area contributed by atoms with E-state index in [4.69, 9.17) is 27.9 Å². The quantitative estimate of drug-likeness (QED) is 0.474. The number of benzene rings is 2. The van der Waals surface area contributed by atoms with Crippen molar-refractivity contribution in [3.05, 3.63) is 79.9 Å². The lowest BCUT2D eigenvalue weighted by molar-refractivity contribution is -0.139. The summed E-state index contributed by atoms with van der Waals surface area (Å²) < 4.78 is 19.2. The molecule has 0 aliphatic carbocycles. The molecule has 0 unspecified atom stereocenters. The molecule has 6 nitrogen and oxygen atoms in total. The molecule has 1 N–H and O–H groups in total. The maximum Gasteiger partial charge on any atom is 0.311 e. The summed E-state index contributed by atoms with van der Waals surface area (Å²) in [6.07, 6.45) is -0.175. The molecule has 3 aromatic rings. The first-order valence-electron chi connectivity index (χ1n) is 8.47. The topological polar surface area (TPSA) is 76.5 Å². The molecular weight excluding hydrogens is 420 g/mol. The Morgan fingerprint density at radius 2 is 1.90 bits per heavy atom. The molecule has 0 atom stereocenters. The summed E-state index contributed by atoms with van der Waals surface area (Å²) in [5.74, 6) is -0.968. The predicted octanol–water partition coefficient (Wildman–Crippen LogP) is 4.47. The number of hydrogen-bond acceptors (Lipinski definition) is 4. The lowest BCUT2D eigenvalue weighted by atomic mass is 10.1. The highest BCUT2D eigenvalue weighted by Gasteiger charge is 2.20. The van der Waals surface area contributed by atoms with Crippen LogP contribution in [-0.4, -0.2) is 28.6 Å². The summed E-state index contributed by atoms with van der Waals surface area (Å²) in [4.78, 5) is 29.3. The maximum atomic E-state index is 13.2. The van der Waals surface area contributed by atoms with E-state index in [0.717, 1.165) is 0 Å². The van der Waals surface area contributed by atoms with Crippen LogP contribution >= 0.6 is 23.2 Å². The molecule has 29 heavy (non-hydrogen) atoms. The van der Waals surface area contributed by atoms with Crippen molar-refractivity contribution in [1.29, 1.82) is 0 Å². The molecule has 0 bridgehead atoms. The monoisotopic (exact) mass is 435 g/mol. The van der Waals surface area contributed by atoms with E-state index in [9.17, 15) is 14.0 Å². The third-order valence-electron chi connectivity index (χ3n) is 4.16. The molecule has 9 heteroatoms. The summed E-state index contributed by atoms with van der Waals surface area (Å²) in [5.41, 5.74) is 1.17. The third-order valence-corrected chi connectivity index (χ3v) is 4.71. The molecule has 0 spiro atoms. The number of carbonyl (C=O) groups excluding carboxylic acids is 1. The Labute approximate surface area is 175 Å². The van der Waals surface area contributed by atoms with E-state index in [2.05, 4.69) is 10.1 Å². The fraction of sp³-hybridized carbons (Fsp3) is 0.150. The predicted molar refractivity (Wildman–Crippen MR) is 110 cm³/mol. The van der Waals surface area contributed by atoms with E-state index in [-0.39, 0.29) is 12.0 Å². The van der Waals surface area contributed by atoms with E-state index in [1.807, 2.05) is 0 Å². The zero-order valence-electron chi connectivity index (χ0n) is 15.5. The van der Waals surface area contributed by atoms with E-state index < -0.39 is 17.3 Å². The van der Waals surface area contributed by atoms with Crippen LogP contribution < -0.4 is 5.56 Å². The summed E-state index contributed by atoms with van der Waals surface area (Å²) >= 11 is 12.2. The van der Waals surface area contributed by atoms with Crippen molar-refractivity contribution in [1.82, 2.24) is 9.78 Å². The largest absolute Gasteiger partial charge is 0.469 e. The van der Waals surface area contributed by atoms with Gasteiger partial charge in [0.05, 0.1) is 46.9 Å². The van der Waals surface area contributed by atoms with Crippen molar-refractivity contribution in [2.45, 2.75) is 13.3 Å². The zero-order chi connectivity index (χ0) is 21.1. The minimum absolute atomic E-state index is 0.175. The molecule has 2 aromatic carbocycles. The van der Waals surface area contributed by atoms with Gasteiger partial charge in [-0.1, -0.05) is 23.2 Å². The Bertz CT molecular complexity index is 1150. The van der Waals surface area contributed by atoms with Crippen molar-refractivity contribution < 1.29 is 13.9 Å². The zero-order valence-corrected chi connectivity index (χ0v) is 17.0. The summed E-state index contributed by atoms with van der Waals surface area (Å²) in [7, 11) is 1.25. The van der Waals surface area contributed by atoms with Crippen molar-refractivity contribution in [2.24, 2.45) is 4.99 Å². The van der Waals surface area contributed by atoms with Gasteiger partial charge in [0.15, 0.2) is 0 Å². The van der Waals surface area contributed by atoms with Crippen LogP contribution in [0.15, 0.2) is 52.3 Å². The minimum atomic E-state index is -0.535. The second kappa shape index (κ2) is 8.63. The van der Waals surface area contributed by atoms with Gasteiger partial charge in [0.2, 0.25) is 0 Å². The van der Waals surface area contributed by atoms with Gasteiger partial charge in [-0.15, -0.1) is 0 Å². The Morgan fingerprint density at radius 3 is 2.55 bits per heavy atom. The number of rotatable bonds is 5. The molecule has 1 aromatic heterocycles. The van der Waals surface area contributed by atoms with Gasteiger partial charge in [0.1, 0.15) is 5.82 Å². The fourth-order valence-electron chi connectivity index (χ4n) is 2.78. The van der Waals surface area contributed by atoms with Gasteiger partial charge in [-0.05, 0) is 49.4 Å². The lowest BCUT2D eigenvalue weighted by Crippen LogP contribution is -2.20. The second-order valence-corrected chi connectivity index (χ2v) is 6.97. The molecule has 0 amide bonds. The number of aromatic nitrogens is 2. The number of esters is 1. The molecule has 0 fully saturated rings. The first kappa shape index (κ1) is 20.8. The highest BCUT2D eigenvalue weighted by Crippen LogP contribution is 2.29. The van der Waals surface area contributed by atoms with E-state index in [0.29, 0.717) is 32.8 Å². The van der Waals surface area contributed by atoms with Crippen LogP contribution in [0.1, 0.15) is 18.2 Å². The van der Waals surface area contributed by atoms with Crippen LogP contribution in [-0.2, 0) is 16.0 Å². The van der Waals surface area contributed by atoms with Gasteiger partial charge in [-0.2, -0.15) is 0 Å². The Morgan fingerprint density at radius 1 is 1.21 bits per heavy atom. The van der Waals surface area contributed by atoms with Crippen molar-refractivity contribution in [3.8, 4) is 5.69 Å². The van der Waals surface area contributed by atoms with Crippen molar-refractivity contribution in [2.75, 3.05) is 7.11 Å². The van der Waals surface area contributed by atoms with Gasteiger partial charge < -0.3 is 4.74 Å². The van der Waals surface area contributed by atoms with Gasteiger partial charge in [-0.3, -0.25) is 19.7 Å². The number of H-pyrrole nitrogens is 1. The number of methoxy groups -OCH3 is 1. The van der Waals surface area contributed by atoms with E-state index in [1.54, 1.807) is 25.1 Å². The van der Waals surface area contributed by atoms with Crippen LogP contribution in [0, 0.1) is 5.82 Å². The minimum Gasteiger partial charge on any atom is -0.469 e. The second-order valence-electron chi connectivity index (χ2n) is 6.13. The molecular formula is C20H16Cl2FN3O3. The standard InChI is InChI=1S/C20H16Cl2FN3O3/c1-11(24-16-9-12(21)3-8-15(16)22)19-17(10-18(27)29-2)25-26(20(19)28)14-6-4-13(23)5-7-14/h3-9,25H,10H2,1-2H3. The number of aromatic amines is 1. The number of nitrogens with zero attached hydrogens (tertiary/aromatic N) is 2. The van der Waals surface area contributed by atoms with Gasteiger partial charge >= 0.3 is 5.97 Å².